The van der Waals surface area contributed by atoms with Crippen molar-refractivity contribution in [3.8, 4) is 5.75 Å². The first-order valence-electron chi connectivity index (χ1n) is 6.40. The van der Waals surface area contributed by atoms with Crippen LogP contribution in [0.5, 0.6) is 5.75 Å². The summed E-state index contributed by atoms with van der Waals surface area (Å²) in [5.41, 5.74) is 6.89. The molecule has 0 atom stereocenters. The molecule has 2 rings (SSSR count). The molecule has 1 aromatic heterocycles. The monoisotopic (exact) mass is 290 g/mol. The average Bonchev–Trinajstić information content (AvgIpc) is 2.96. The van der Waals surface area contributed by atoms with Gasteiger partial charge in [-0.25, -0.2) is 0 Å². The first-order chi connectivity index (χ1) is 9.63. The molecule has 1 aromatic carbocycles. The third-order valence-corrected chi connectivity index (χ3v) is 3.87. The van der Waals surface area contributed by atoms with E-state index in [1.807, 2.05) is 24.4 Å². The molecule has 0 unspecified atom stereocenters. The summed E-state index contributed by atoms with van der Waals surface area (Å²) < 4.78 is 5.16. The number of anilines is 1. The Balaban J connectivity index is 2.21. The largest absolute Gasteiger partial charge is 0.497 e. The van der Waals surface area contributed by atoms with E-state index in [0.29, 0.717) is 30.1 Å². The number of hydrogen-bond donors (Lipinski definition) is 1. The second-order valence-corrected chi connectivity index (χ2v) is 5.43. The molecule has 20 heavy (non-hydrogen) atoms. The Morgan fingerprint density at radius 2 is 2.20 bits per heavy atom. The molecule has 0 radical (unpaired) electrons. The van der Waals surface area contributed by atoms with Gasteiger partial charge >= 0.3 is 0 Å². The third kappa shape index (κ3) is 3.30. The lowest BCUT2D eigenvalue weighted by atomic mass is 10.1. The predicted octanol–water partition coefficient (Wildman–Crippen LogP) is 3.00. The van der Waals surface area contributed by atoms with Gasteiger partial charge < -0.3 is 15.4 Å². The predicted molar refractivity (Wildman–Crippen MR) is 82.1 cm³/mol. The summed E-state index contributed by atoms with van der Waals surface area (Å²) >= 11 is 1.65. The van der Waals surface area contributed by atoms with Gasteiger partial charge in [0.25, 0.3) is 5.91 Å². The number of carbonyl (C=O) groups is 1. The smallest absolute Gasteiger partial charge is 0.254 e. The molecular weight excluding hydrogens is 272 g/mol. The molecule has 0 bridgehead atoms. The maximum absolute atomic E-state index is 12.5. The number of ether oxygens (including phenoxy) is 1. The molecule has 106 valence electrons. The molecule has 0 saturated carbocycles. The van der Waals surface area contributed by atoms with Crippen molar-refractivity contribution in [2.45, 2.75) is 13.5 Å². The highest BCUT2D eigenvalue weighted by molar-refractivity contribution is 7.09. The number of amides is 1. The van der Waals surface area contributed by atoms with Gasteiger partial charge in [0.2, 0.25) is 0 Å². The van der Waals surface area contributed by atoms with Crippen molar-refractivity contribution in [1.82, 2.24) is 4.90 Å². The third-order valence-electron chi connectivity index (χ3n) is 3.01. The van der Waals surface area contributed by atoms with Crippen LogP contribution in [0.4, 0.5) is 5.69 Å². The van der Waals surface area contributed by atoms with E-state index >= 15 is 0 Å². The zero-order valence-corrected chi connectivity index (χ0v) is 12.4. The van der Waals surface area contributed by atoms with E-state index in [0.717, 1.165) is 4.88 Å². The molecule has 0 aliphatic heterocycles. The zero-order chi connectivity index (χ0) is 14.5. The minimum Gasteiger partial charge on any atom is -0.497 e. The van der Waals surface area contributed by atoms with E-state index < -0.39 is 0 Å². The fourth-order valence-corrected chi connectivity index (χ4v) is 2.68. The number of nitrogens with two attached hydrogens (primary N) is 1. The highest BCUT2D eigenvalue weighted by Crippen LogP contribution is 2.21. The summed E-state index contributed by atoms with van der Waals surface area (Å²) in [4.78, 5) is 15.5. The number of hydrogen-bond acceptors (Lipinski definition) is 4. The lowest BCUT2D eigenvalue weighted by Gasteiger charge is -2.20. The topological polar surface area (TPSA) is 55.6 Å². The van der Waals surface area contributed by atoms with Crippen LogP contribution in [0.25, 0.3) is 0 Å². The maximum Gasteiger partial charge on any atom is 0.254 e. The molecule has 5 heteroatoms. The molecule has 0 fully saturated rings. The number of methoxy groups -OCH3 is 1. The molecule has 2 N–H and O–H groups in total. The SMILES string of the molecule is CCN(Cc1cccs1)C(=O)c1cc(N)cc(OC)c1. The molecule has 1 heterocycles. The summed E-state index contributed by atoms with van der Waals surface area (Å²) in [5, 5.41) is 2.01. The van der Waals surface area contributed by atoms with E-state index in [4.69, 9.17) is 10.5 Å². The second kappa shape index (κ2) is 6.43. The van der Waals surface area contributed by atoms with Crippen LogP contribution in [-0.4, -0.2) is 24.5 Å². The fourth-order valence-electron chi connectivity index (χ4n) is 1.96. The van der Waals surface area contributed by atoms with Crippen molar-refractivity contribution in [3.05, 3.63) is 46.2 Å². The number of thiophene rings is 1. The standard InChI is InChI=1S/C15H18N2O2S/c1-3-17(10-14-5-4-6-20-14)15(18)11-7-12(16)9-13(8-11)19-2/h4-9H,3,10,16H2,1-2H3. The molecule has 0 saturated heterocycles. The van der Waals surface area contributed by atoms with Crippen molar-refractivity contribution in [2.75, 3.05) is 19.4 Å². The van der Waals surface area contributed by atoms with Gasteiger partial charge in [0.05, 0.1) is 13.7 Å². The first kappa shape index (κ1) is 14.4. The number of nitrogen functional groups attached to an aromatic ring is 1. The Bertz CT molecular complexity index is 582. The van der Waals surface area contributed by atoms with Crippen LogP contribution in [-0.2, 0) is 6.54 Å². The molecule has 0 aliphatic rings. The van der Waals surface area contributed by atoms with Gasteiger partial charge in [-0.2, -0.15) is 0 Å². The van der Waals surface area contributed by atoms with Gasteiger partial charge in [-0.05, 0) is 30.5 Å². The molecule has 2 aromatic rings. The van der Waals surface area contributed by atoms with Crippen molar-refractivity contribution in [1.29, 1.82) is 0 Å². The van der Waals surface area contributed by atoms with Gasteiger partial charge in [0.15, 0.2) is 0 Å². The Kier molecular flexibility index (Phi) is 4.63. The van der Waals surface area contributed by atoms with Crippen LogP contribution in [0.3, 0.4) is 0 Å². The van der Waals surface area contributed by atoms with Crippen LogP contribution >= 0.6 is 11.3 Å². The summed E-state index contributed by atoms with van der Waals surface area (Å²) in [6, 6.07) is 9.12. The fraction of sp³-hybridized carbons (Fsp3) is 0.267. The van der Waals surface area contributed by atoms with Crippen LogP contribution in [0, 0.1) is 0 Å². The lowest BCUT2D eigenvalue weighted by Crippen LogP contribution is -2.30. The van der Waals surface area contributed by atoms with E-state index in [-0.39, 0.29) is 5.91 Å². The summed E-state index contributed by atoms with van der Waals surface area (Å²) in [7, 11) is 1.56. The van der Waals surface area contributed by atoms with E-state index in [1.54, 1.807) is 41.5 Å². The molecular formula is C15H18N2O2S. The van der Waals surface area contributed by atoms with E-state index in [2.05, 4.69) is 0 Å². The van der Waals surface area contributed by atoms with Crippen molar-refractivity contribution in [2.24, 2.45) is 0 Å². The van der Waals surface area contributed by atoms with Crippen LogP contribution in [0.15, 0.2) is 35.7 Å². The van der Waals surface area contributed by atoms with Crippen LogP contribution in [0.2, 0.25) is 0 Å². The highest BCUT2D eigenvalue weighted by atomic mass is 32.1. The summed E-state index contributed by atoms with van der Waals surface area (Å²) in [6.45, 7) is 3.23. The van der Waals surface area contributed by atoms with E-state index in [9.17, 15) is 4.79 Å². The Labute approximate surface area is 122 Å². The van der Waals surface area contributed by atoms with Gasteiger partial charge in [0.1, 0.15) is 5.75 Å². The lowest BCUT2D eigenvalue weighted by molar-refractivity contribution is 0.0754. The number of rotatable bonds is 5. The Hall–Kier alpha value is -2.01. The number of carbonyl (C=O) groups excluding carboxylic acids is 1. The van der Waals surface area contributed by atoms with Crippen molar-refractivity contribution >= 4 is 22.9 Å². The number of nitrogens with zero attached hydrogens (tertiary/aromatic N) is 1. The molecule has 1 amide bonds. The molecule has 4 nitrogen and oxygen atoms in total. The van der Waals surface area contributed by atoms with Crippen molar-refractivity contribution in [3.63, 3.8) is 0 Å². The quantitative estimate of drug-likeness (QED) is 0.861. The summed E-state index contributed by atoms with van der Waals surface area (Å²) in [6.07, 6.45) is 0. The van der Waals surface area contributed by atoms with Gasteiger partial charge in [-0.15, -0.1) is 11.3 Å². The van der Waals surface area contributed by atoms with Crippen LogP contribution < -0.4 is 10.5 Å². The summed E-state index contributed by atoms with van der Waals surface area (Å²) in [5.74, 6) is 0.562. The second-order valence-electron chi connectivity index (χ2n) is 4.39. The minimum absolute atomic E-state index is 0.0356. The van der Waals surface area contributed by atoms with Crippen molar-refractivity contribution < 1.29 is 9.53 Å². The maximum atomic E-state index is 12.5. The number of benzene rings is 1. The Morgan fingerprint density at radius 3 is 2.80 bits per heavy atom. The highest BCUT2D eigenvalue weighted by Gasteiger charge is 2.16. The van der Waals surface area contributed by atoms with Crippen LogP contribution in [0.1, 0.15) is 22.2 Å². The normalized spacial score (nSPS) is 10.3. The average molecular weight is 290 g/mol. The van der Waals surface area contributed by atoms with Gasteiger partial charge in [-0.1, -0.05) is 6.07 Å². The Morgan fingerprint density at radius 1 is 1.40 bits per heavy atom. The molecule has 0 spiro atoms. The minimum atomic E-state index is -0.0356. The first-order valence-corrected chi connectivity index (χ1v) is 7.28. The van der Waals surface area contributed by atoms with Gasteiger partial charge in [-0.3, -0.25) is 4.79 Å². The zero-order valence-electron chi connectivity index (χ0n) is 11.6. The van der Waals surface area contributed by atoms with E-state index in [1.165, 1.54) is 0 Å². The molecule has 0 aliphatic carbocycles. The van der Waals surface area contributed by atoms with Gasteiger partial charge in [0, 0.05) is 28.7 Å².